The Labute approximate surface area is 138 Å². The van der Waals surface area contributed by atoms with E-state index in [1.165, 1.54) is 0 Å². The van der Waals surface area contributed by atoms with Gasteiger partial charge >= 0.3 is 0 Å². The van der Waals surface area contributed by atoms with Crippen molar-refractivity contribution in [2.24, 2.45) is 5.73 Å². The molecule has 1 heterocycles. The van der Waals surface area contributed by atoms with E-state index in [-0.39, 0.29) is 5.11 Å². The van der Waals surface area contributed by atoms with Crippen molar-refractivity contribution < 1.29 is 4.74 Å². The van der Waals surface area contributed by atoms with Crippen molar-refractivity contribution in [1.82, 2.24) is 4.98 Å². The largest absolute Gasteiger partial charge is 0.436 e. The van der Waals surface area contributed by atoms with Crippen LogP contribution in [0.4, 0.5) is 5.69 Å². The first-order chi connectivity index (χ1) is 9.06. The highest BCUT2D eigenvalue weighted by Crippen LogP contribution is 2.31. The molecule has 0 radical (unpaired) electrons. The number of thiocarbonyl (C=S) groups is 1. The molecular formula is C12H9BrIN3OS. The lowest BCUT2D eigenvalue weighted by atomic mass is 10.3. The molecule has 0 aliphatic carbocycles. The number of ether oxygens (including phenoxy) is 1. The standard InChI is InChI=1S/C12H9BrIN3OS/c13-7-5-9(17-12(15)19)11(16-6-7)18-10-4-2-1-3-8(10)14/h1-6H,(H3,15,17,19). The van der Waals surface area contributed by atoms with E-state index < -0.39 is 0 Å². The number of nitrogens with two attached hydrogens (primary N) is 1. The Balaban J connectivity index is 2.34. The molecule has 0 aliphatic rings. The van der Waals surface area contributed by atoms with Gasteiger partial charge in [0.1, 0.15) is 11.4 Å². The molecule has 98 valence electrons. The number of benzene rings is 1. The molecule has 0 aliphatic heterocycles. The molecule has 1 aromatic heterocycles. The van der Waals surface area contributed by atoms with E-state index >= 15 is 0 Å². The number of pyridine rings is 1. The molecule has 0 fully saturated rings. The first-order valence-corrected chi connectivity index (χ1v) is 7.48. The minimum Gasteiger partial charge on any atom is -0.436 e. The van der Waals surface area contributed by atoms with Crippen molar-refractivity contribution >= 4 is 61.5 Å². The Morgan fingerprint density at radius 2 is 2.16 bits per heavy atom. The van der Waals surface area contributed by atoms with Crippen molar-refractivity contribution in [2.45, 2.75) is 0 Å². The highest BCUT2D eigenvalue weighted by atomic mass is 127. The minimum atomic E-state index is 0.160. The molecule has 3 N–H and O–H groups in total. The quantitative estimate of drug-likeness (QED) is 0.549. The highest BCUT2D eigenvalue weighted by molar-refractivity contribution is 14.1. The van der Waals surface area contributed by atoms with Crippen LogP contribution in [0.2, 0.25) is 0 Å². The summed E-state index contributed by atoms with van der Waals surface area (Å²) in [6, 6.07) is 9.47. The van der Waals surface area contributed by atoms with Crippen molar-refractivity contribution in [3.8, 4) is 11.6 Å². The van der Waals surface area contributed by atoms with E-state index in [2.05, 4.69) is 48.8 Å². The molecule has 7 heteroatoms. The van der Waals surface area contributed by atoms with Crippen LogP contribution in [0.15, 0.2) is 41.0 Å². The number of hydrogen-bond donors (Lipinski definition) is 2. The Morgan fingerprint density at radius 3 is 2.84 bits per heavy atom. The molecule has 4 nitrogen and oxygen atoms in total. The van der Waals surface area contributed by atoms with Gasteiger partial charge in [0.25, 0.3) is 0 Å². The van der Waals surface area contributed by atoms with Crippen molar-refractivity contribution in [3.63, 3.8) is 0 Å². The van der Waals surface area contributed by atoms with Crippen molar-refractivity contribution in [2.75, 3.05) is 5.32 Å². The van der Waals surface area contributed by atoms with E-state index in [4.69, 9.17) is 22.7 Å². The average molecular weight is 450 g/mol. The van der Waals surface area contributed by atoms with Gasteiger partial charge in [-0.25, -0.2) is 4.98 Å². The summed E-state index contributed by atoms with van der Waals surface area (Å²) in [5.41, 5.74) is 6.10. The number of anilines is 1. The van der Waals surface area contributed by atoms with Crippen LogP contribution in [0.5, 0.6) is 11.6 Å². The van der Waals surface area contributed by atoms with E-state index in [0.717, 1.165) is 13.8 Å². The van der Waals surface area contributed by atoms with E-state index in [9.17, 15) is 0 Å². The van der Waals surface area contributed by atoms with Crippen molar-refractivity contribution in [1.29, 1.82) is 0 Å². The second kappa shape index (κ2) is 6.49. The summed E-state index contributed by atoms with van der Waals surface area (Å²) in [5.74, 6) is 1.14. The zero-order valence-corrected chi connectivity index (χ0v) is 14.1. The normalized spacial score (nSPS) is 10.0. The molecule has 1 aromatic carbocycles. The van der Waals surface area contributed by atoms with Gasteiger partial charge < -0.3 is 15.8 Å². The number of nitrogens with one attached hydrogen (secondary N) is 1. The summed E-state index contributed by atoms with van der Waals surface area (Å²) < 4.78 is 7.58. The predicted molar refractivity (Wildman–Crippen MR) is 91.6 cm³/mol. The third-order valence-corrected chi connectivity index (χ3v) is 3.55. The Morgan fingerprint density at radius 1 is 1.42 bits per heavy atom. The summed E-state index contributed by atoms with van der Waals surface area (Å²) >= 11 is 10.4. The summed E-state index contributed by atoms with van der Waals surface area (Å²) in [5, 5.41) is 3.00. The molecule has 0 spiro atoms. The van der Waals surface area contributed by atoms with Crippen LogP contribution >= 0.6 is 50.7 Å². The Kier molecular flexibility index (Phi) is 4.94. The monoisotopic (exact) mass is 449 g/mol. The number of aromatic nitrogens is 1. The molecule has 0 saturated heterocycles. The predicted octanol–water partition coefficient (Wildman–Crippen LogP) is 3.90. The van der Waals surface area contributed by atoms with E-state index in [0.29, 0.717) is 11.6 Å². The highest BCUT2D eigenvalue weighted by Gasteiger charge is 2.10. The van der Waals surface area contributed by atoms with Gasteiger partial charge in [-0.05, 0) is 68.9 Å². The molecule has 19 heavy (non-hydrogen) atoms. The smallest absolute Gasteiger partial charge is 0.243 e. The lowest BCUT2D eigenvalue weighted by molar-refractivity contribution is 0.462. The number of halogens is 2. The molecular weight excluding hydrogens is 441 g/mol. The van der Waals surface area contributed by atoms with Crippen LogP contribution in [-0.4, -0.2) is 10.1 Å². The zero-order valence-electron chi connectivity index (χ0n) is 9.56. The number of hydrogen-bond acceptors (Lipinski definition) is 3. The van der Waals surface area contributed by atoms with Gasteiger partial charge in [0, 0.05) is 10.7 Å². The third kappa shape index (κ3) is 4.02. The van der Waals surface area contributed by atoms with Gasteiger partial charge in [-0.15, -0.1) is 0 Å². The number of nitrogens with zero attached hydrogens (tertiary/aromatic N) is 1. The van der Waals surface area contributed by atoms with Gasteiger partial charge in [0.15, 0.2) is 5.11 Å². The van der Waals surface area contributed by atoms with Crippen LogP contribution in [0, 0.1) is 3.57 Å². The fourth-order valence-electron chi connectivity index (χ4n) is 1.36. The molecule has 0 saturated carbocycles. The van der Waals surface area contributed by atoms with Crippen LogP contribution in [-0.2, 0) is 0 Å². The molecule has 0 atom stereocenters. The summed E-state index contributed by atoms with van der Waals surface area (Å²) in [7, 11) is 0. The van der Waals surface area contributed by atoms with Crippen LogP contribution < -0.4 is 15.8 Å². The molecule has 0 amide bonds. The van der Waals surface area contributed by atoms with Gasteiger partial charge in [0.05, 0.1) is 3.57 Å². The zero-order chi connectivity index (χ0) is 13.8. The first-order valence-electron chi connectivity index (χ1n) is 5.20. The summed E-state index contributed by atoms with van der Waals surface area (Å²) in [4.78, 5) is 4.22. The van der Waals surface area contributed by atoms with E-state index in [1.54, 1.807) is 12.3 Å². The lowest BCUT2D eigenvalue weighted by Gasteiger charge is -2.12. The fraction of sp³-hybridized carbons (Fsp3) is 0. The molecule has 2 aromatic rings. The minimum absolute atomic E-state index is 0.160. The average Bonchev–Trinajstić information content (AvgIpc) is 2.34. The first kappa shape index (κ1) is 14.5. The number of rotatable bonds is 3. The van der Waals surface area contributed by atoms with Crippen LogP contribution in [0.25, 0.3) is 0 Å². The second-order valence-corrected chi connectivity index (χ2v) is 6.05. The van der Waals surface area contributed by atoms with Gasteiger partial charge in [0.2, 0.25) is 5.88 Å². The molecule has 0 unspecified atom stereocenters. The molecule has 2 rings (SSSR count). The maximum Gasteiger partial charge on any atom is 0.243 e. The lowest BCUT2D eigenvalue weighted by Crippen LogP contribution is -2.19. The summed E-state index contributed by atoms with van der Waals surface area (Å²) in [6.07, 6.45) is 1.65. The maximum atomic E-state index is 5.78. The Bertz CT molecular complexity index is 624. The third-order valence-electron chi connectivity index (χ3n) is 2.12. The van der Waals surface area contributed by atoms with Gasteiger partial charge in [-0.3, -0.25) is 0 Å². The van der Waals surface area contributed by atoms with Crippen LogP contribution in [0.3, 0.4) is 0 Å². The van der Waals surface area contributed by atoms with E-state index in [1.807, 2.05) is 24.3 Å². The SMILES string of the molecule is NC(=S)Nc1cc(Br)cnc1Oc1ccccc1I. The molecule has 0 bridgehead atoms. The second-order valence-electron chi connectivity index (χ2n) is 3.53. The maximum absolute atomic E-state index is 5.78. The number of para-hydroxylation sites is 1. The Hall–Kier alpha value is -0.930. The van der Waals surface area contributed by atoms with Crippen LogP contribution in [0.1, 0.15) is 0 Å². The van der Waals surface area contributed by atoms with Crippen molar-refractivity contribution in [3.05, 3.63) is 44.6 Å². The van der Waals surface area contributed by atoms with Gasteiger partial charge in [-0.2, -0.15) is 0 Å². The topological polar surface area (TPSA) is 60.2 Å². The summed E-state index contributed by atoms with van der Waals surface area (Å²) in [6.45, 7) is 0. The fourth-order valence-corrected chi connectivity index (χ4v) is 2.30. The van der Waals surface area contributed by atoms with Gasteiger partial charge in [-0.1, -0.05) is 12.1 Å².